The van der Waals surface area contributed by atoms with Crippen LogP contribution in [0.5, 0.6) is 0 Å². The first kappa shape index (κ1) is 19.5. The maximum absolute atomic E-state index is 10.4. The van der Waals surface area contributed by atoms with Gasteiger partial charge in [0.15, 0.2) is 29.0 Å². The van der Waals surface area contributed by atoms with Crippen molar-refractivity contribution in [1.82, 2.24) is 19.5 Å². The molecule has 1 aliphatic rings. The average molecular weight is 378 g/mol. The minimum Gasteiger partial charge on any atom is -0.394 e. The molecule has 2 aromatic rings. The minimum atomic E-state index is -1.26. The third-order valence-electron chi connectivity index (χ3n) is 4.57. The molecule has 10 heteroatoms. The fourth-order valence-corrected chi connectivity index (χ4v) is 3.11. The number of allylic oxidation sites excluding steroid dienone is 1. The highest BCUT2D eigenvalue weighted by molar-refractivity contribution is 5.85. The number of nitrogens with zero attached hydrogens (tertiary/aromatic N) is 4. The molecule has 0 bridgehead atoms. The van der Waals surface area contributed by atoms with Crippen LogP contribution in [0, 0.1) is 0 Å². The number of hydrogen-bond donors (Lipinski definition) is 5. The van der Waals surface area contributed by atoms with Crippen molar-refractivity contribution >= 4 is 29.0 Å². The second-order valence-corrected chi connectivity index (χ2v) is 6.47. The van der Waals surface area contributed by atoms with Crippen molar-refractivity contribution in [3.8, 4) is 0 Å². The van der Waals surface area contributed by atoms with E-state index in [2.05, 4.69) is 27.2 Å². The van der Waals surface area contributed by atoms with Crippen molar-refractivity contribution < 1.29 is 20.1 Å². The van der Waals surface area contributed by atoms with Gasteiger partial charge in [-0.05, 0) is 12.5 Å². The molecule has 27 heavy (non-hydrogen) atoms. The van der Waals surface area contributed by atoms with Crippen LogP contribution in [0.25, 0.3) is 17.2 Å². The molecule has 10 nitrogen and oxygen atoms in total. The normalized spacial score (nSPS) is 25.7. The summed E-state index contributed by atoms with van der Waals surface area (Å²) in [6.07, 6.45) is 2.48. The summed E-state index contributed by atoms with van der Waals surface area (Å²) in [5.74, 6) is 0.983. The number of anilines is 2. The van der Waals surface area contributed by atoms with Gasteiger partial charge in [0.1, 0.15) is 18.3 Å². The molecule has 1 aliphatic heterocycles. The number of aromatic nitrogens is 4. The summed E-state index contributed by atoms with van der Waals surface area (Å²) >= 11 is 0. The third-order valence-corrected chi connectivity index (χ3v) is 4.57. The number of aliphatic hydroxyl groups is 3. The van der Waals surface area contributed by atoms with Crippen LogP contribution in [-0.4, -0.2) is 66.8 Å². The van der Waals surface area contributed by atoms with Gasteiger partial charge in [-0.3, -0.25) is 4.57 Å². The van der Waals surface area contributed by atoms with Crippen LogP contribution in [0.2, 0.25) is 0 Å². The predicted octanol–water partition coefficient (Wildman–Crippen LogP) is 0.265. The summed E-state index contributed by atoms with van der Waals surface area (Å²) < 4.78 is 7.16. The Labute approximate surface area is 156 Å². The number of ether oxygens (including phenoxy) is 1. The lowest BCUT2D eigenvalue weighted by atomic mass is 10.1. The number of aliphatic hydroxyl groups excluding tert-OH is 3. The summed E-state index contributed by atoms with van der Waals surface area (Å²) in [7, 11) is 1.66. The van der Waals surface area contributed by atoms with E-state index in [4.69, 9.17) is 10.5 Å². The minimum absolute atomic E-state index is 0.206. The van der Waals surface area contributed by atoms with Gasteiger partial charge in [-0.15, -0.1) is 0 Å². The molecule has 3 heterocycles. The standard InChI is InChI=1S/C17H26N6O4/c1-3-4-5-6-7-10-20-14(18)11-15(21-10)23(17(19-2)22-11)16-13(26)12(25)9(8-24)27-16/h6-7,9,12-13,16,24-26H,3-5,8H2,1-2H3,(H,19,22)(H2,18,20,21)/b7-6+/t9-,12-,13-,16-/m1/s1. The van der Waals surface area contributed by atoms with E-state index in [0.29, 0.717) is 22.9 Å². The fraction of sp³-hybridized carbons (Fsp3) is 0.588. The first-order valence-corrected chi connectivity index (χ1v) is 9.04. The van der Waals surface area contributed by atoms with Gasteiger partial charge >= 0.3 is 0 Å². The third kappa shape index (κ3) is 3.61. The second-order valence-electron chi connectivity index (χ2n) is 6.47. The lowest BCUT2D eigenvalue weighted by molar-refractivity contribution is -0.0501. The van der Waals surface area contributed by atoms with E-state index < -0.39 is 31.1 Å². The summed E-state index contributed by atoms with van der Waals surface area (Å²) in [4.78, 5) is 13.1. The van der Waals surface area contributed by atoms with Crippen molar-refractivity contribution in [1.29, 1.82) is 0 Å². The zero-order valence-electron chi connectivity index (χ0n) is 15.4. The van der Waals surface area contributed by atoms with Crippen LogP contribution in [0.1, 0.15) is 38.2 Å². The van der Waals surface area contributed by atoms with Crippen molar-refractivity contribution in [2.75, 3.05) is 24.7 Å². The van der Waals surface area contributed by atoms with E-state index in [9.17, 15) is 15.3 Å². The molecule has 148 valence electrons. The van der Waals surface area contributed by atoms with Crippen LogP contribution in [0.3, 0.4) is 0 Å². The number of nitrogens with one attached hydrogen (secondary N) is 1. The number of nitrogens with two attached hydrogens (primary N) is 1. The number of rotatable bonds is 7. The zero-order chi connectivity index (χ0) is 19.6. The van der Waals surface area contributed by atoms with Gasteiger partial charge in [0.2, 0.25) is 5.95 Å². The van der Waals surface area contributed by atoms with E-state index in [1.807, 2.05) is 6.08 Å². The van der Waals surface area contributed by atoms with Crippen molar-refractivity contribution in [3.05, 3.63) is 11.9 Å². The number of hydrogen-bond acceptors (Lipinski definition) is 9. The van der Waals surface area contributed by atoms with Gasteiger partial charge in [-0.25, -0.2) is 15.0 Å². The van der Waals surface area contributed by atoms with Gasteiger partial charge < -0.3 is 31.1 Å². The van der Waals surface area contributed by atoms with Crippen LogP contribution in [0.4, 0.5) is 11.8 Å². The second kappa shape index (κ2) is 8.17. The Kier molecular flexibility index (Phi) is 5.90. The molecule has 0 saturated carbocycles. The molecule has 0 amide bonds. The van der Waals surface area contributed by atoms with Gasteiger partial charge in [0, 0.05) is 7.05 Å². The number of imidazole rings is 1. The average Bonchev–Trinajstić information content (AvgIpc) is 3.17. The zero-order valence-corrected chi connectivity index (χ0v) is 15.4. The Morgan fingerprint density at radius 1 is 1.26 bits per heavy atom. The van der Waals surface area contributed by atoms with Crippen LogP contribution in [0.15, 0.2) is 6.08 Å². The molecular weight excluding hydrogens is 352 g/mol. The summed E-state index contributed by atoms with van der Waals surface area (Å²) in [5.41, 5.74) is 6.79. The largest absolute Gasteiger partial charge is 0.394 e. The van der Waals surface area contributed by atoms with Crippen LogP contribution >= 0.6 is 0 Å². The van der Waals surface area contributed by atoms with Crippen molar-refractivity contribution in [2.24, 2.45) is 0 Å². The lowest BCUT2D eigenvalue weighted by Crippen LogP contribution is -2.33. The number of nitrogen functional groups attached to an aromatic ring is 1. The highest BCUT2D eigenvalue weighted by Crippen LogP contribution is 2.35. The van der Waals surface area contributed by atoms with Gasteiger partial charge in [-0.1, -0.05) is 25.8 Å². The molecule has 0 aromatic carbocycles. The van der Waals surface area contributed by atoms with Crippen LogP contribution < -0.4 is 11.1 Å². The molecule has 0 aliphatic carbocycles. The summed E-state index contributed by atoms with van der Waals surface area (Å²) in [6, 6.07) is 0. The highest BCUT2D eigenvalue weighted by Gasteiger charge is 2.45. The summed E-state index contributed by atoms with van der Waals surface area (Å²) in [6.45, 7) is 1.70. The van der Waals surface area contributed by atoms with Gasteiger partial charge in [0.05, 0.1) is 6.61 Å². The molecule has 1 saturated heterocycles. The molecule has 3 rings (SSSR count). The first-order valence-electron chi connectivity index (χ1n) is 9.04. The molecule has 6 N–H and O–H groups in total. The molecule has 1 fully saturated rings. The molecule has 0 spiro atoms. The molecule has 2 aromatic heterocycles. The van der Waals surface area contributed by atoms with Crippen molar-refractivity contribution in [2.45, 2.75) is 50.7 Å². The fourth-order valence-electron chi connectivity index (χ4n) is 3.11. The van der Waals surface area contributed by atoms with Crippen molar-refractivity contribution in [3.63, 3.8) is 0 Å². The Hall–Kier alpha value is -2.27. The monoisotopic (exact) mass is 378 g/mol. The predicted molar refractivity (Wildman–Crippen MR) is 101 cm³/mol. The molecule has 4 atom stereocenters. The lowest BCUT2D eigenvalue weighted by Gasteiger charge is -2.19. The maximum Gasteiger partial charge on any atom is 0.207 e. The molecule has 0 unspecified atom stereocenters. The number of unbranched alkanes of at least 4 members (excludes halogenated alkanes) is 2. The highest BCUT2D eigenvalue weighted by atomic mass is 16.6. The van der Waals surface area contributed by atoms with E-state index in [-0.39, 0.29) is 5.82 Å². The van der Waals surface area contributed by atoms with Gasteiger partial charge in [0.25, 0.3) is 0 Å². The first-order chi connectivity index (χ1) is 13.0. The molecular formula is C17H26N6O4. The Morgan fingerprint density at radius 2 is 2.04 bits per heavy atom. The Balaban J connectivity index is 2.05. The van der Waals surface area contributed by atoms with E-state index in [0.717, 1.165) is 19.3 Å². The molecule has 0 radical (unpaired) electrons. The van der Waals surface area contributed by atoms with E-state index in [1.54, 1.807) is 13.1 Å². The maximum atomic E-state index is 10.4. The van der Waals surface area contributed by atoms with Gasteiger partial charge in [-0.2, -0.15) is 0 Å². The Morgan fingerprint density at radius 3 is 2.67 bits per heavy atom. The topological polar surface area (TPSA) is 152 Å². The Bertz CT molecular complexity index is 823. The van der Waals surface area contributed by atoms with E-state index in [1.165, 1.54) is 4.57 Å². The smallest absolute Gasteiger partial charge is 0.207 e. The number of fused-ring (bicyclic) bond motifs is 1. The summed E-state index contributed by atoms with van der Waals surface area (Å²) in [5, 5.41) is 32.7. The van der Waals surface area contributed by atoms with E-state index >= 15 is 0 Å². The van der Waals surface area contributed by atoms with Crippen LogP contribution in [-0.2, 0) is 4.74 Å². The SMILES string of the molecule is CCCC/C=C/c1nc(N)c2nc(NC)n([C@@H]3O[C@H](CO)[C@@H](O)[C@H]3O)c2n1. The quantitative estimate of drug-likeness (QED) is 0.427.